The number of fused-ring (bicyclic) bond motifs is 6. The smallest absolute Gasteiger partial charge is 0.399 e. The van der Waals surface area contributed by atoms with Crippen LogP contribution in [0.5, 0.6) is 0 Å². The van der Waals surface area contributed by atoms with E-state index in [-0.39, 0.29) is 21.7 Å². The molecule has 4 saturated carbocycles. The minimum atomic E-state index is -0.413. The lowest BCUT2D eigenvalue weighted by Gasteiger charge is -2.48. The molecule has 0 bridgehead atoms. The van der Waals surface area contributed by atoms with Crippen molar-refractivity contribution in [3.05, 3.63) is 210 Å². The fourth-order valence-electron chi connectivity index (χ4n) is 22.4. The van der Waals surface area contributed by atoms with Crippen LogP contribution in [-0.2, 0) is 66.0 Å². The van der Waals surface area contributed by atoms with Crippen LogP contribution in [0.1, 0.15) is 319 Å². The van der Waals surface area contributed by atoms with Gasteiger partial charge in [0.25, 0.3) is 0 Å². The van der Waals surface area contributed by atoms with Crippen LogP contribution in [-0.4, -0.2) is 36.6 Å². The Morgan fingerprint density at radius 2 is 0.545 bits per heavy atom. The monoisotopic (exact) mass is 1630 g/mol. The number of benzene rings is 8. The molecule has 0 amide bonds. The number of anilines is 6. The number of unbranched alkanes of at least 4 members (excludes halogenated alkanes) is 12. The Bertz CT molecular complexity index is 4510. The van der Waals surface area contributed by atoms with Gasteiger partial charge in [-0.15, -0.1) is 0 Å². The third-order valence-electron chi connectivity index (χ3n) is 29.7. The van der Waals surface area contributed by atoms with E-state index in [0.29, 0.717) is 0 Å². The summed E-state index contributed by atoms with van der Waals surface area (Å²) in [5, 5.41) is 0. The Labute approximate surface area is 693 Å². The Kier molecular flexibility index (Phi) is 24.0. The molecule has 592 valence electrons. The zero-order valence-corrected chi connectivity index (χ0v) is 74.1. The van der Waals surface area contributed by atoms with Crippen molar-refractivity contribution >= 4 is 91.1 Å². The largest absolute Gasteiger partial charge is 0.495 e. The lowest BCUT2D eigenvalue weighted by molar-refractivity contribution is 0.00578. The summed E-state index contributed by atoms with van der Waals surface area (Å²) in [5.41, 5.74) is 29.6. The van der Waals surface area contributed by atoms with E-state index in [1.807, 2.05) is 0 Å². The molecule has 6 fully saturated rings. The van der Waals surface area contributed by atoms with Gasteiger partial charge >= 0.3 is 14.2 Å². The Morgan fingerprint density at radius 3 is 0.848 bits per heavy atom. The molecular weight excluding hydrogens is 1500 g/mol. The normalized spacial score (nSPS) is 22.8. The minimum Gasteiger partial charge on any atom is -0.399 e. The molecule has 6 aliphatic carbocycles. The predicted octanol–water partition coefficient (Wildman–Crippen LogP) is 28.6. The van der Waals surface area contributed by atoms with Gasteiger partial charge in [0.2, 0.25) is 0 Å². The summed E-state index contributed by atoms with van der Waals surface area (Å²) in [4.78, 5) is 5.14. The molecule has 0 unspecified atom stereocenters. The van der Waals surface area contributed by atoms with Gasteiger partial charge in [0.15, 0.2) is 0 Å². The molecule has 8 aliphatic rings. The first-order chi connectivity index (χ1) is 53.9. The summed E-state index contributed by atoms with van der Waals surface area (Å²) >= 11 is 7.86. The molecule has 2 saturated heterocycles. The Balaban J connectivity index is 0.000000185. The van der Waals surface area contributed by atoms with Crippen molar-refractivity contribution in [2.45, 2.75) is 346 Å². The second kappa shape index (κ2) is 33.0. The zero-order valence-electron chi connectivity index (χ0n) is 70.9. The summed E-state index contributed by atoms with van der Waals surface area (Å²) in [6.07, 6.45) is 39.7. The second-order valence-electron chi connectivity index (χ2n) is 37.7. The van der Waals surface area contributed by atoms with Crippen molar-refractivity contribution in [3.63, 3.8) is 0 Å². The third-order valence-corrected chi connectivity index (χ3v) is 31.3. The van der Waals surface area contributed by atoms with E-state index in [9.17, 15) is 0 Å². The molecule has 10 heteroatoms. The first-order valence-electron chi connectivity index (χ1n) is 44.5. The van der Waals surface area contributed by atoms with Crippen LogP contribution in [0, 0.1) is 13.8 Å². The zero-order chi connectivity index (χ0) is 78.6. The Morgan fingerprint density at radius 1 is 0.295 bits per heavy atom. The number of hydrogen-bond acceptors (Lipinski definition) is 6. The molecule has 8 aromatic carbocycles. The maximum absolute atomic E-state index is 6.77. The molecule has 0 N–H and O–H groups in total. The maximum atomic E-state index is 6.77. The first kappa shape index (κ1) is 81.4. The van der Waals surface area contributed by atoms with E-state index in [1.54, 1.807) is 22.3 Å². The van der Waals surface area contributed by atoms with Crippen molar-refractivity contribution in [1.82, 2.24) is 0 Å². The lowest BCUT2D eigenvalue weighted by Crippen LogP contribution is -2.43. The van der Waals surface area contributed by atoms with E-state index in [1.165, 1.54) is 266 Å². The number of rotatable bonds is 28. The molecule has 8 aromatic rings. The highest BCUT2D eigenvalue weighted by Gasteiger charge is 2.64. The molecule has 0 radical (unpaired) electrons. The van der Waals surface area contributed by atoms with Gasteiger partial charge in [0.1, 0.15) is 0 Å². The molecule has 2 heterocycles. The molecule has 6 nitrogen and oxygen atoms in total. The van der Waals surface area contributed by atoms with E-state index >= 15 is 0 Å². The van der Waals surface area contributed by atoms with Crippen LogP contribution in [0.3, 0.4) is 0 Å². The molecule has 0 spiro atoms. The number of nitrogens with zero attached hydrogens (tertiary/aromatic N) is 2. The lowest BCUT2D eigenvalue weighted by atomic mass is 9.55. The van der Waals surface area contributed by atoms with Crippen molar-refractivity contribution < 1.29 is 18.6 Å². The number of aryl methyl sites for hydroxylation is 6. The maximum Gasteiger partial charge on any atom is 0.495 e. The van der Waals surface area contributed by atoms with E-state index in [2.05, 4.69) is 284 Å². The average molecular weight is 1630 g/mol. The van der Waals surface area contributed by atoms with Gasteiger partial charge in [0.05, 0.1) is 22.4 Å². The van der Waals surface area contributed by atoms with Crippen molar-refractivity contribution in [2.75, 3.05) is 9.80 Å². The molecule has 16 rings (SSSR count). The van der Waals surface area contributed by atoms with Gasteiger partial charge in [-0.05, 0) is 335 Å². The van der Waals surface area contributed by atoms with Gasteiger partial charge in [-0.2, -0.15) is 0 Å². The van der Waals surface area contributed by atoms with Crippen LogP contribution in [0.15, 0.2) is 155 Å². The van der Waals surface area contributed by atoms with Gasteiger partial charge in [-0.3, -0.25) is 0 Å². The SMILES string of the molecule is CCCCCCc1cc(N(c2ccc(B3OC(C)(C)C(C)(C)O3)c(CCCCCC)c2)c2ccc3c(c2)C24CCCC2(CCC4)c2cc(C)ccc2-3)ccc1B1OC(C)(C)C(C)(C)O1.CCCCCCc1cc(N(c2ccc(Br)c(CCCCCC)c2)c2ccc3c(c2)C24CCCC2(CCC4)c2cc(C)ccc2-3)ccc1Br. The van der Waals surface area contributed by atoms with Gasteiger partial charge in [0, 0.05) is 64.7 Å². The van der Waals surface area contributed by atoms with Crippen LogP contribution in [0.25, 0.3) is 22.3 Å². The molecule has 0 atom stereocenters. The van der Waals surface area contributed by atoms with Gasteiger partial charge < -0.3 is 28.4 Å². The predicted molar refractivity (Wildman–Crippen MR) is 483 cm³/mol. The minimum absolute atomic E-state index is 0.168. The molecule has 2 aliphatic heterocycles. The van der Waals surface area contributed by atoms with E-state index in [4.69, 9.17) is 18.6 Å². The highest BCUT2D eigenvalue weighted by molar-refractivity contribution is 9.10. The molecular formula is C102H130B2Br2N2O4. The summed E-state index contributed by atoms with van der Waals surface area (Å²) in [6, 6.07) is 58.1. The van der Waals surface area contributed by atoms with Crippen LogP contribution in [0.4, 0.5) is 34.1 Å². The van der Waals surface area contributed by atoms with Crippen LogP contribution < -0.4 is 20.7 Å². The first-order valence-corrected chi connectivity index (χ1v) is 46.1. The Hall–Kier alpha value is -5.71. The van der Waals surface area contributed by atoms with E-state index < -0.39 is 36.6 Å². The quantitative estimate of drug-likeness (QED) is 0.0360. The summed E-state index contributed by atoms with van der Waals surface area (Å²) < 4.78 is 29.5. The molecule has 112 heavy (non-hydrogen) atoms. The topological polar surface area (TPSA) is 43.4 Å². The summed E-state index contributed by atoms with van der Waals surface area (Å²) in [7, 11) is -0.820. The molecule has 0 aromatic heterocycles. The fourth-order valence-corrected chi connectivity index (χ4v) is 23.3. The van der Waals surface area contributed by atoms with Crippen molar-refractivity contribution in [1.29, 1.82) is 0 Å². The number of halogens is 2. The van der Waals surface area contributed by atoms with Crippen LogP contribution >= 0.6 is 31.9 Å². The van der Waals surface area contributed by atoms with Gasteiger partial charge in [-0.1, -0.05) is 234 Å². The fraction of sp³-hybridized carbons (Fsp3) is 0.529. The van der Waals surface area contributed by atoms with Crippen LogP contribution in [0.2, 0.25) is 0 Å². The second-order valence-corrected chi connectivity index (χ2v) is 39.4. The van der Waals surface area contributed by atoms with Crippen molar-refractivity contribution in [2.24, 2.45) is 0 Å². The highest BCUT2D eigenvalue weighted by atomic mass is 79.9. The summed E-state index contributed by atoms with van der Waals surface area (Å²) in [5.74, 6) is 0. The number of hydrogen-bond donors (Lipinski definition) is 0. The van der Waals surface area contributed by atoms with Crippen molar-refractivity contribution in [3.8, 4) is 22.3 Å². The third kappa shape index (κ3) is 14.8. The van der Waals surface area contributed by atoms with Gasteiger partial charge in [-0.25, -0.2) is 0 Å². The highest BCUT2D eigenvalue weighted by Crippen LogP contribution is 2.71. The average Bonchev–Trinajstić information content (AvgIpc) is 1.49. The van der Waals surface area contributed by atoms with E-state index in [0.717, 1.165) is 49.5 Å². The summed E-state index contributed by atoms with van der Waals surface area (Å²) in [6.45, 7) is 31.0. The standard InChI is InChI=1S/C57H77B2NO4.C45H53Br2N/c1-12-14-16-18-22-41-37-43(26-30-50(41)58-61-52(4,5)53(6,7)62-58)60(44-27-31-51(42(38-44)23-19-17-15-13-2)59-63-54(8,9)55(10,11)64-59)45-25-29-47-46-28-24-40(3)36-48(46)56-32-20-34-57(56,35-21-33-56)49(47)39-45;1-4-6-8-10-14-33-29-35(18-22-42(33)46)48(36-19-23-43(47)34(30-36)15-11-9-7-5-2)37-17-21-39-38-20-16-32(3)28-40(38)44-24-12-26-45(44,27-13-25-44)41(39)31-37/h24-31,36-39H,12-23,32-35H2,1-11H3;16-23,28-31H,4-15,24-27H2,1-3H3.